The molecule has 43 heavy (non-hydrogen) atoms. The van der Waals surface area contributed by atoms with Crippen molar-refractivity contribution in [3.63, 3.8) is 0 Å². The maximum atomic E-state index is 13.6. The summed E-state index contributed by atoms with van der Waals surface area (Å²) in [5.74, 6) is 0.703. The summed E-state index contributed by atoms with van der Waals surface area (Å²) in [4.78, 5) is 35.1. The van der Waals surface area contributed by atoms with Crippen molar-refractivity contribution in [1.29, 1.82) is 0 Å². The Hall–Kier alpha value is -3.78. The number of rotatable bonds is 9. The number of esters is 1. The van der Waals surface area contributed by atoms with Gasteiger partial charge in [0, 0.05) is 44.2 Å². The molecule has 6 rings (SSSR count). The molecule has 3 heterocycles. The van der Waals surface area contributed by atoms with E-state index in [0.717, 1.165) is 55.0 Å². The van der Waals surface area contributed by atoms with Gasteiger partial charge in [-0.05, 0) is 92.0 Å². The van der Waals surface area contributed by atoms with Gasteiger partial charge < -0.3 is 14.4 Å². The molecule has 2 fully saturated rings. The average molecular weight is 586 g/mol. The number of carbonyl (C=O) groups is 2. The third-order valence-corrected chi connectivity index (χ3v) is 9.10. The van der Waals surface area contributed by atoms with Crippen molar-refractivity contribution < 1.29 is 23.5 Å². The van der Waals surface area contributed by atoms with Crippen LogP contribution in [-0.4, -0.2) is 66.1 Å². The zero-order valence-electron chi connectivity index (χ0n) is 25.3. The summed E-state index contributed by atoms with van der Waals surface area (Å²) in [6.45, 7) is 7.73. The van der Waals surface area contributed by atoms with E-state index < -0.39 is 5.97 Å². The standard InChI is InChI=1S/C35H40FN3O4/c1-4-31-30(35(41)42-3)19-29-32(37-31)14-17-39(34(29)40)26-12-15-38(16-13-26)21-24-18-27(22-6-7-22)28(20-33(24)43-5-2)23-8-10-25(36)11-9-23/h8-11,18-20,22,26H,4-7,12-17,21H2,1-3H3. The van der Waals surface area contributed by atoms with Crippen molar-refractivity contribution in [3.05, 3.63) is 81.9 Å². The summed E-state index contributed by atoms with van der Waals surface area (Å²) in [6, 6.07) is 13.1. The third-order valence-electron chi connectivity index (χ3n) is 9.10. The van der Waals surface area contributed by atoms with Gasteiger partial charge in [-0.1, -0.05) is 19.1 Å². The lowest BCUT2D eigenvalue weighted by molar-refractivity contribution is 0.0542. The van der Waals surface area contributed by atoms with Crippen molar-refractivity contribution in [2.75, 3.05) is 33.4 Å². The first-order chi connectivity index (χ1) is 20.9. The number of nitrogens with zero attached hydrogens (tertiary/aromatic N) is 3. The normalized spacial score (nSPS) is 17.6. The minimum absolute atomic E-state index is 0.0379. The van der Waals surface area contributed by atoms with Crippen LogP contribution >= 0.6 is 0 Å². The molecule has 1 saturated heterocycles. The highest BCUT2D eigenvalue weighted by Crippen LogP contribution is 2.46. The van der Waals surface area contributed by atoms with Crippen molar-refractivity contribution in [1.82, 2.24) is 14.8 Å². The number of pyridine rings is 1. The fourth-order valence-electron chi connectivity index (χ4n) is 6.66. The van der Waals surface area contributed by atoms with E-state index in [4.69, 9.17) is 9.47 Å². The second kappa shape index (κ2) is 12.4. The lowest BCUT2D eigenvalue weighted by atomic mass is 9.93. The molecule has 0 N–H and O–H groups in total. The van der Waals surface area contributed by atoms with Gasteiger partial charge in [0.25, 0.3) is 5.91 Å². The summed E-state index contributed by atoms with van der Waals surface area (Å²) in [5, 5.41) is 0. The van der Waals surface area contributed by atoms with E-state index in [2.05, 4.69) is 22.0 Å². The molecule has 0 bridgehead atoms. The zero-order valence-corrected chi connectivity index (χ0v) is 25.3. The van der Waals surface area contributed by atoms with Crippen molar-refractivity contribution in [2.24, 2.45) is 0 Å². The highest BCUT2D eigenvalue weighted by atomic mass is 19.1. The number of aromatic nitrogens is 1. The number of fused-ring (bicyclic) bond motifs is 1. The Kier molecular flexibility index (Phi) is 8.48. The van der Waals surface area contributed by atoms with E-state index >= 15 is 0 Å². The van der Waals surface area contributed by atoms with Gasteiger partial charge in [0.2, 0.25) is 0 Å². The monoisotopic (exact) mass is 585 g/mol. The van der Waals surface area contributed by atoms with Crippen LogP contribution in [-0.2, 0) is 24.1 Å². The first kappa shape index (κ1) is 29.3. The fraction of sp³-hybridized carbons (Fsp3) is 0.457. The second-order valence-electron chi connectivity index (χ2n) is 11.8. The van der Waals surface area contributed by atoms with Crippen molar-refractivity contribution in [3.8, 4) is 16.9 Å². The van der Waals surface area contributed by atoms with Gasteiger partial charge in [0.05, 0.1) is 36.2 Å². The number of benzene rings is 2. The molecule has 1 aromatic heterocycles. The van der Waals surface area contributed by atoms with Crippen LogP contribution in [0.25, 0.3) is 11.1 Å². The molecular formula is C35H40FN3O4. The van der Waals surface area contributed by atoms with Gasteiger partial charge in [-0.3, -0.25) is 14.7 Å². The Morgan fingerprint density at radius 2 is 1.74 bits per heavy atom. The van der Waals surface area contributed by atoms with Gasteiger partial charge in [-0.25, -0.2) is 9.18 Å². The van der Waals surface area contributed by atoms with Crippen LogP contribution in [0.15, 0.2) is 42.5 Å². The highest BCUT2D eigenvalue weighted by molar-refractivity contribution is 6.00. The quantitative estimate of drug-likeness (QED) is 0.280. The number of methoxy groups -OCH3 is 1. The van der Waals surface area contributed by atoms with Crippen LogP contribution in [0.5, 0.6) is 5.75 Å². The van der Waals surface area contributed by atoms with Gasteiger partial charge in [-0.15, -0.1) is 0 Å². The lowest BCUT2D eigenvalue weighted by Gasteiger charge is -2.40. The molecular weight excluding hydrogens is 545 g/mol. The van der Waals surface area contributed by atoms with E-state index in [9.17, 15) is 14.0 Å². The molecule has 3 aromatic rings. The van der Waals surface area contributed by atoms with E-state index in [0.29, 0.717) is 48.7 Å². The maximum absolute atomic E-state index is 13.6. The van der Waals surface area contributed by atoms with Gasteiger partial charge in [0.15, 0.2) is 0 Å². The fourth-order valence-corrected chi connectivity index (χ4v) is 6.66. The Bertz CT molecular complexity index is 1510. The number of hydrogen-bond acceptors (Lipinski definition) is 6. The zero-order chi connectivity index (χ0) is 30.1. The summed E-state index contributed by atoms with van der Waals surface area (Å²) in [7, 11) is 1.35. The van der Waals surface area contributed by atoms with E-state index in [-0.39, 0.29) is 17.8 Å². The molecule has 2 aliphatic heterocycles. The molecule has 226 valence electrons. The van der Waals surface area contributed by atoms with Crippen LogP contribution in [0.1, 0.15) is 88.7 Å². The minimum atomic E-state index is -0.452. The molecule has 1 aliphatic carbocycles. The highest BCUT2D eigenvalue weighted by Gasteiger charge is 2.35. The van der Waals surface area contributed by atoms with Gasteiger partial charge in [-0.2, -0.15) is 0 Å². The Morgan fingerprint density at radius 1 is 1.00 bits per heavy atom. The second-order valence-corrected chi connectivity index (χ2v) is 11.8. The molecule has 2 aromatic carbocycles. The number of ether oxygens (including phenoxy) is 2. The molecule has 1 amide bonds. The number of aryl methyl sites for hydroxylation is 1. The van der Waals surface area contributed by atoms with Gasteiger partial charge >= 0.3 is 5.97 Å². The largest absolute Gasteiger partial charge is 0.494 e. The minimum Gasteiger partial charge on any atom is -0.494 e. The number of hydrogen-bond donors (Lipinski definition) is 0. The van der Waals surface area contributed by atoms with Crippen LogP contribution in [0, 0.1) is 5.82 Å². The molecule has 8 heteroatoms. The Balaban J connectivity index is 1.17. The van der Waals surface area contributed by atoms with E-state index in [1.54, 1.807) is 6.07 Å². The topological polar surface area (TPSA) is 72.0 Å². The Morgan fingerprint density at radius 3 is 2.40 bits per heavy atom. The maximum Gasteiger partial charge on any atom is 0.339 e. The van der Waals surface area contributed by atoms with Crippen molar-refractivity contribution in [2.45, 2.75) is 70.9 Å². The summed E-state index contributed by atoms with van der Waals surface area (Å²) >= 11 is 0. The first-order valence-electron chi connectivity index (χ1n) is 15.6. The van der Waals surface area contributed by atoms with E-state index in [1.807, 2.05) is 30.9 Å². The van der Waals surface area contributed by atoms with Crippen molar-refractivity contribution >= 4 is 11.9 Å². The molecule has 0 unspecified atom stereocenters. The summed E-state index contributed by atoms with van der Waals surface area (Å²) in [6.07, 6.45) is 5.43. The predicted octanol–water partition coefficient (Wildman–Crippen LogP) is 6.18. The predicted molar refractivity (Wildman–Crippen MR) is 163 cm³/mol. The molecule has 0 radical (unpaired) electrons. The van der Waals surface area contributed by atoms with Crippen LogP contribution in [0.4, 0.5) is 4.39 Å². The SMILES string of the molecule is CCOc1cc(-c2ccc(F)cc2)c(C2CC2)cc1CN1CCC(N2CCc3nc(CC)c(C(=O)OC)cc3C2=O)CC1. The van der Waals surface area contributed by atoms with Crippen LogP contribution in [0.2, 0.25) is 0 Å². The lowest BCUT2D eigenvalue weighted by Crippen LogP contribution is -2.50. The van der Waals surface area contributed by atoms with Crippen LogP contribution < -0.4 is 4.74 Å². The average Bonchev–Trinajstić information content (AvgIpc) is 3.88. The summed E-state index contributed by atoms with van der Waals surface area (Å²) < 4.78 is 24.7. The third kappa shape index (κ3) is 6.03. The number of carbonyl (C=O) groups excluding carboxylic acids is 2. The van der Waals surface area contributed by atoms with E-state index in [1.165, 1.54) is 43.2 Å². The number of piperidine rings is 1. The number of likely N-dealkylation sites (tertiary alicyclic amines) is 1. The first-order valence-corrected chi connectivity index (χ1v) is 15.6. The smallest absolute Gasteiger partial charge is 0.339 e. The Labute approximate surface area is 253 Å². The molecule has 3 aliphatic rings. The van der Waals surface area contributed by atoms with Gasteiger partial charge in [0.1, 0.15) is 11.6 Å². The molecule has 0 spiro atoms. The number of amides is 1. The number of halogens is 1. The molecule has 0 atom stereocenters. The molecule has 1 saturated carbocycles. The summed E-state index contributed by atoms with van der Waals surface area (Å²) in [5.41, 5.74) is 7.03. The molecule has 7 nitrogen and oxygen atoms in total. The van der Waals surface area contributed by atoms with Crippen LogP contribution in [0.3, 0.4) is 0 Å².